The molecule has 1 fully saturated rings. The van der Waals surface area contributed by atoms with Gasteiger partial charge in [0.15, 0.2) is 0 Å². The molecule has 1 saturated carbocycles. The average molecular weight is 288 g/mol. The van der Waals surface area contributed by atoms with Gasteiger partial charge in [-0.15, -0.1) is 0 Å². The number of halogens is 3. The van der Waals surface area contributed by atoms with Crippen LogP contribution >= 0.6 is 0 Å². The Bertz CT molecular complexity index is 443. The molecule has 1 aromatic rings. The van der Waals surface area contributed by atoms with Gasteiger partial charge in [0.05, 0.1) is 11.9 Å². The highest BCUT2D eigenvalue weighted by molar-refractivity contribution is 5.40. The maximum Gasteiger partial charge on any atom is 0.405 e. The van der Waals surface area contributed by atoms with Crippen LogP contribution in [0.4, 0.5) is 19.0 Å². The molecule has 0 spiro atoms. The number of rotatable bonds is 6. The summed E-state index contributed by atoms with van der Waals surface area (Å²) in [6, 6.07) is 0.231. The minimum Gasteiger partial charge on any atom is -0.343 e. The Morgan fingerprint density at radius 1 is 1.35 bits per heavy atom. The maximum absolute atomic E-state index is 12.6. The van der Waals surface area contributed by atoms with E-state index >= 15 is 0 Å². The third-order valence-corrected chi connectivity index (χ3v) is 2.99. The van der Waals surface area contributed by atoms with Crippen molar-refractivity contribution in [2.45, 2.75) is 51.5 Å². The molecule has 0 amide bonds. The zero-order chi connectivity index (χ0) is 14.8. The van der Waals surface area contributed by atoms with E-state index in [1.165, 1.54) is 11.1 Å². The first kappa shape index (κ1) is 15.0. The predicted octanol–water partition coefficient (Wildman–Crippen LogP) is 2.51. The highest BCUT2D eigenvalue weighted by atomic mass is 19.4. The lowest BCUT2D eigenvalue weighted by Gasteiger charge is -2.24. The molecule has 7 heteroatoms. The third-order valence-electron chi connectivity index (χ3n) is 2.99. The Kier molecular flexibility index (Phi) is 4.47. The summed E-state index contributed by atoms with van der Waals surface area (Å²) in [5.41, 5.74) is 0.657. The number of aromatic nitrogens is 2. The lowest BCUT2D eigenvalue weighted by Crippen LogP contribution is -2.36. The van der Waals surface area contributed by atoms with Gasteiger partial charge in [-0.1, -0.05) is 13.8 Å². The highest BCUT2D eigenvalue weighted by Crippen LogP contribution is 2.33. The van der Waals surface area contributed by atoms with Gasteiger partial charge in [-0.3, -0.25) is 4.98 Å². The molecule has 0 radical (unpaired) electrons. The normalized spacial score (nSPS) is 15.7. The van der Waals surface area contributed by atoms with E-state index in [-0.39, 0.29) is 12.1 Å². The minimum atomic E-state index is -4.23. The topological polar surface area (TPSA) is 41.1 Å². The predicted molar refractivity (Wildman–Crippen MR) is 70.4 cm³/mol. The van der Waals surface area contributed by atoms with Gasteiger partial charge in [-0.2, -0.15) is 13.2 Å². The van der Waals surface area contributed by atoms with Crippen molar-refractivity contribution in [3.63, 3.8) is 0 Å². The fourth-order valence-corrected chi connectivity index (χ4v) is 1.90. The first-order valence-electron chi connectivity index (χ1n) is 6.73. The molecule has 20 heavy (non-hydrogen) atoms. The molecule has 0 bridgehead atoms. The Balaban J connectivity index is 2.10. The maximum atomic E-state index is 12.6. The molecule has 2 rings (SSSR count). The Morgan fingerprint density at radius 2 is 2.05 bits per heavy atom. The van der Waals surface area contributed by atoms with Gasteiger partial charge in [0.25, 0.3) is 0 Å². The van der Waals surface area contributed by atoms with Gasteiger partial charge in [0.1, 0.15) is 12.4 Å². The summed E-state index contributed by atoms with van der Waals surface area (Å²) in [6.07, 6.45) is 0.329. The summed E-state index contributed by atoms with van der Waals surface area (Å²) in [5, 5.41) is 3.18. The third kappa shape index (κ3) is 4.63. The Morgan fingerprint density at radius 3 is 2.60 bits per heavy atom. The zero-order valence-electron chi connectivity index (χ0n) is 11.6. The van der Waals surface area contributed by atoms with Crippen molar-refractivity contribution in [2.75, 3.05) is 11.4 Å². The molecule has 4 nitrogen and oxygen atoms in total. The average Bonchev–Trinajstić information content (AvgIpc) is 3.17. The molecule has 0 aromatic carbocycles. The number of anilines is 1. The molecule has 1 N–H and O–H groups in total. The summed E-state index contributed by atoms with van der Waals surface area (Å²) >= 11 is 0. The van der Waals surface area contributed by atoms with E-state index in [9.17, 15) is 13.2 Å². The smallest absolute Gasteiger partial charge is 0.343 e. The van der Waals surface area contributed by atoms with Crippen LogP contribution in [0.2, 0.25) is 0 Å². The van der Waals surface area contributed by atoms with E-state index < -0.39 is 12.7 Å². The summed E-state index contributed by atoms with van der Waals surface area (Å²) in [6.45, 7) is 3.53. The van der Waals surface area contributed by atoms with E-state index in [1.54, 1.807) is 6.20 Å². The fraction of sp³-hybridized carbons (Fsp3) is 0.692. The van der Waals surface area contributed by atoms with Crippen molar-refractivity contribution < 1.29 is 13.2 Å². The Hall–Kier alpha value is -1.37. The number of hydrogen-bond donors (Lipinski definition) is 1. The van der Waals surface area contributed by atoms with Gasteiger partial charge in [0, 0.05) is 24.8 Å². The van der Waals surface area contributed by atoms with Gasteiger partial charge in [-0.05, 0) is 12.8 Å². The van der Waals surface area contributed by atoms with Crippen LogP contribution in [-0.4, -0.2) is 34.8 Å². The summed E-state index contributed by atoms with van der Waals surface area (Å²) in [4.78, 5) is 9.61. The van der Waals surface area contributed by atoms with Crippen LogP contribution in [0, 0.1) is 0 Å². The molecular formula is C13H19F3N4. The largest absolute Gasteiger partial charge is 0.405 e. The molecule has 0 atom stereocenters. The van der Waals surface area contributed by atoms with Crippen LogP contribution in [0.3, 0.4) is 0 Å². The van der Waals surface area contributed by atoms with Crippen molar-refractivity contribution >= 4 is 5.82 Å². The van der Waals surface area contributed by atoms with Crippen LogP contribution in [-0.2, 0) is 6.54 Å². The van der Waals surface area contributed by atoms with E-state index in [0.29, 0.717) is 18.1 Å². The van der Waals surface area contributed by atoms with E-state index in [0.717, 1.165) is 12.8 Å². The minimum absolute atomic E-state index is 0.0563. The van der Waals surface area contributed by atoms with Gasteiger partial charge in [0.2, 0.25) is 0 Å². The molecule has 1 heterocycles. The molecular weight excluding hydrogens is 269 g/mol. The molecule has 1 aliphatic rings. The van der Waals surface area contributed by atoms with Crippen LogP contribution in [0.15, 0.2) is 12.4 Å². The number of alkyl halides is 3. The summed E-state index contributed by atoms with van der Waals surface area (Å²) in [5.74, 6) is 0.313. The first-order valence-corrected chi connectivity index (χ1v) is 6.73. The number of nitrogens with zero attached hydrogens (tertiary/aromatic N) is 3. The quantitative estimate of drug-likeness (QED) is 0.873. The summed E-state index contributed by atoms with van der Waals surface area (Å²) < 4.78 is 37.9. The van der Waals surface area contributed by atoms with Crippen LogP contribution < -0.4 is 10.2 Å². The lowest BCUT2D eigenvalue weighted by molar-refractivity contribution is -0.120. The van der Waals surface area contributed by atoms with E-state index in [1.807, 2.05) is 13.8 Å². The molecule has 112 valence electrons. The van der Waals surface area contributed by atoms with Gasteiger partial charge < -0.3 is 10.2 Å². The molecule has 0 unspecified atom stereocenters. The fourth-order valence-electron chi connectivity index (χ4n) is 1.90. The van der Waals surface area contributed by atoms with Crippen LogP contribution in [0.25, 0.3) is 0 Å². The van der Waals surface area contributed by atoms with E-state index in [4.69, 9.17) is 0 Å². The second-order valence-electron chi connectivity index (χ2n) is 5.38. The van der Waals surface area contributed by atoms with Crippen molar-refractivity contribution in [3.8, 4) is 0 Å². The van der Waals surface area contributed by atoms with E-state index in [2.05, 4.69) is 15.3 Å². The van der Waals surface area contributed by atoms with Crippen LogP contribution in [0.1, 0.15) is 32.4 Å². The number of nitrogens with one attached hydrogen (secondary N) is 1. The monoisotopic (exact) mass is 288 g/mol. The second-order valence-corrected chi connectivity index (χ2v) is 5.38. The van der Waals surface area contributed by atoms with Crippen molar-refractivity contribution in [1.29, 1.82) is 0 Å². The molecule has 1 aromatic heterocycles. The van der Waals surface area contributed by atoms with Crippen LogP contribution in [0.5, 0.6) is 0 Å². The molecule has 0 saturated heterocycles. The lowest BCUT2D eigenvalue weighted by atomic mass is 10.3. The van der Waals surface area contributed by atoms with Crippen molar-refractivity contribution in [2.24, 2.45) is 0 Å². The standard InChI is InChI=1S/C13H19F3N4/c1-9(2)18-6-10-5-17-7-12(19-10)20(11-3-4-11)8-13(14,15)16/h5,7,9,11,18H,3-4,6,8H2,1-2H3. The van der Waals surface area contributed by atoms with Crippen molar-refractivity contribution in [1.82, 2.24) is 15.3 Å². The van der Waals surface area contributed by atoms with Gasteiger partial charge in [-0.25, -0.2) is 4.98 Å². The second kappa shape index (κ2) is 5.95. The highest BCUT2D eigenvalue weighted by Gasteiger charge is 2.38. The van der Waals surface area contributed by atoms with Crippen molar-refractivity contribution in [3.05, 3.63) is 18.1 Å². The SMILES string of the molecule is CC(C)NCc1cncc(N(CC(F)(F)F)C2CC2)n1. The summed E-state index contributed by atoms with van der Waals surface area (Å²) in [7, 11) is 0. The first-order chi connectivity index (χ1) is 9.35. The van der Waals surface area contributed by atoms with Gasteiger partial charge >= 0.3 is 6.18 Å². The molecule has 1 aliphatic carbocycles. The number of hydrogen-bond acceptors (Lipinski definition) is 4. The Labute approximate surface area is 116 Å². The molecule has 0 aliphatic heterocycles. The zero-order valence-corrected chi connectivity index (χ0v) is 11.6.